The van der Waals surface area contributed by atoms with E-state index in [1.807, 2.05) is 30.3 Å². The van der Waals surface area contributed by atoms with Crippen LogP contribution in [-0.4, -0.2) is 59.7 Å². The van der Waals surface area contributed by atoms with Crippen LogP contribution < -0.4 is 5.69 Å². The second kappa shape index (κ2) is 9.16. The fraction of sp³-hybridized carbons (Fsp3) is 0.400. The molecule has 0 amide bonds. The van der Waals surface area contributed by atoms with Crippen molar-refractivity contribution in [2.45, 2.75) is 35.3 Å². The standard InChI is InChI=1S/C15H18N3O8PS2/c19-10-9(6-25-27(22,23)24)26-14(11(10)20)18-15(21)16-12(28)13(17-18)29-7-8-4-2-1-3-5-8/h1-5,9-11,14,19-20H,6-7H2,(H,16,21,28)(H2,22,23,24). The third kappa shape index (κ3) is 5.60. The number of hydrogen-bond acceptors (Lipinski definition) is 9. The molecule has 158 valence electrons. The summed E-state index contributed by atoms with van der Waals surface area (Å²) in [7, 11) is -4.80. The van der Waals surface area contributed by atoms with Gasteiger partial charge in [0.05, 0.1) is 6.61 Å². The molecule has 1 aliphatic rings. The molecule has 0 bridgehead atoms. The number of nitrogens with zero attached hydrogens (tertiary/aromatic N) is 2. The Balaban J connectivity index is 1.80. The molecule has 1 saturated heterocycles. The summed E-state index contributed by atoms with van der Waals surface area (Å²) in [4.78, 5) is 32.3. The highest BCUT2D eigenvalue weighted by molar-refractivity contribution is 7.98. The number of nitrogens with one attached hydrogen (secondary N) is 1. The molecule has 29 heavy (non-hydrogen) atoms. The van der Waals surface area contributed by atoms with Gasteiger partial charge in [0.2, 0.25) is 0 Å². The Labute approximate surface area is 173 Å². The van der Waals surface area contributed by atoms with Gasteiger partial charge in [-0.25, -0.2) is 9.36 Å². The molecule has 11 nitrogen and oxygen atoms in total. The van der Waals surface area contributed by atoms with Crippen molar-refractivity contribution in [1.82, 2.24) is 14.8 Å². The van der Waals surface area contributed by atoms with Crippen molar-refractivity contribution in [3.63, 3.8) is 0 Å². The summed E-state index contributed by atoms with van der Waals surface area (Å²) >= 11 is 6.40. The van der Waals surface area contributed by atoms with Gasteiger partial charge in [-0.2, -0.15) is 9.78 Å². The highest BCUT2D eigenvalue weighted by Crippen LogP contribution is 2.38. The number of hydrogen-bond donors (Lipinski definition) is 5. The van der Waals surface area contributed by atoms with Gasteiger partial charge in [0.25, 0.3) is 0 Å². The van der Waals surface area contributed by atoms with E-state index in [1.165, 1.54) is 11.8 Å². The largest absolute Gasteiger partial charge is 0.469 e. The number of aromatic nitrogens is 3. The Hall–Kier alpha value is -1.41. The summed E-state index contributed by atoms with van der Waals surface area (Å²) in [5, 5.41) is 24.7. The van der Waals surface area contributed by atoms with Crippen LogP contribution in [0, 0.1) is 4.64 Å². The monoisotopic (exact) mass is 463 g/mol. The van der Waals surface area contributed by atoms with Crippen molar-refractivity contribution in [1.29, 1.82) is 0 Å². The predicted octanol–water partition coefficient (Wildman–Crippen LogP) is 0.322. The lowest BCUT2D eigenvalue weighted by Crippen LogP contribution is -2.37. The molecule has 0 aliphatic carbocycles. The fourth-order valence-corrected chi connectivity index (χ4v) is 4.10. The zero-order valence-electron chi connectivity index (χ0n) is 14.7. The van der Waals surface area contributed by atoms with Crippen LogP contribution in [-0.2, 0) is 19.6 Å². The molecule has 5 N–H and O–H groups in total. The molecule has 4 unspecified atom stereocenters. The van der Waals surface area contributed by atoms with Crippen LogP contribution in [0.4, 0.5) is 0 Å². The second-order valence-electron chi connectivity index (χ2n) is 6.12. The molecule has 0 spiro atoms. The topological polar surface area (TPSA) is 167 Å². The SMILES string of the molecule is O=c1[nH]c(=S)c(SCc2ccccc2)nn1C1OC(COP(=O)(O)O)C(O)C1O. The van der Waals surface area contributed by atoms with Gasteiger partial charge in [-0.15, -0.1) is 0 Å². The van der Waals surface area contributed by atoms with E-state index in [1.54, 1.807) is 0 Å². The quantitative estimate of drug-likeness (QED) is 0.218. The Morgan fingerprint density at radius 1 is 1.28 bits per heavy atom. The summed E-state index contributed by atoms with van der Waals surface area (Å²) in [6.07, 6.45) is -5.81. The lowest BCUT2D eigenvalue weighted by atomic mass is 10.1. The molecule has 2 aromatic rings. The van der Waals surface area contributed by atoms with Gasteiger partial charge in [-0.1, -0.05) is 54.3 Å². The van der Waals surface area contributed by atoms with E-state index in [0.29, 0.717) is 10.8 Å². The maximum atomic E-state index is 12.3. The van der Waals surface area contributed by atoms with Crippen LogP contribution >= 0.6 is 31.8 Å². The first-order chi connectivity index (χ1) is 13.7. The lowest BCUT2D eigenvalue weighted by molar-refractivity contribution is -0.0619. The summed E-state index contributed by atoms with van der Waals surface area (Å²) < 4.78 is 21.4. The van der Waals surface area contributed by atoms with Crippen LogP contribution in [0.25, 0.3) is 0 Å². The van der Waals surface area contributed by atoms with Gasteiger partial charge < -0.3 is 24.7 Å². The first-order valence-corrected chi connectivity index (χ1v) is 11.2. The number of aliphatic hydroxyl groups is 2. The summed E-state index contributed by atoms with van der Waals surface area (Å²) in [5.41, 5.74) is 0.237. The van der Waals surface area contributed by atoms with Gasteiger partial charge in [-0.3, -0.25) is 9.51 Å². The minimum atomic E-state index is -4.80. The zero-order valence-corrected chi connectivity index (χ0v) is 17.2. The lowest BCUT2D eigenvalue weighted by Gasteiger charge is -2.16. The molecule has 1 aromatic heterocycles. The number of H-pyrrole nitrogens is 1. The normalized spacial score (nSPS) is 24.7. The van der Waals surface area contributed by atoms with E-state index < -0.39 is 44.7 Å². The van der Waals surface area contributed by atoms with Gasteiger partial charge in [0, 0.05) is 5.75 Å². The summed E-state index contributed by atoms with van der Waals surface area (Å²) in [6.45, 7) is -0.688. The van der Waals surface area contributed by atoms with Crippen molar-refractivity contribution < 1.29 is 33.8 Å². The maximum Gasteiger partial charge on any atom is 0.469 e. The van der Waals surface area contributed by atoms with Gasteiger partial charge >= 0.3 is 13.5 Å². The van der Waals surface area contributed by atoms with Gasteiger partial charge in [0.1, 0.15) is 23.0 Å². The molecule has 4 atom stereocenters. The van der Waals surface area contributed by atoms with Crippen molar-refractivity contribution in [2.75, 3.05) is 6.61 Å². The Morgan fingerprint density at radius 3 is 2.62 bits per heavy atom. The molecule has 1 aromatic carbocycles. The molecular formula is C15H18N3O8PS2. The van der Waals surface area contributed by atoms with Crippen LogP contribution in [0.15, 0.2) is 40.2 Å². The van der Waals surface area contributed by atoms with Gasteiger partial charge in [0.15, 0.2) is 11.3 Å². The van der Waals surface area contributed by atoms with E-state index in [2.05, 4.69) is 14.6 Å². The average molecular weight is 463 g/mol. The van der Waals surface area contributed by atoms with Crippen LogP contribution in [0.1, 0.15) is 11.8 Å². The van der Waals surface area contributed by atoms with Crippen LogP contribution in [0.5, 0.6) is 0 Å². The number of thioether (sulfide) groups is 1. The van der Waals surface area contributed by atoms with Crippen molar-refractivity contribution in [3.8, 4) is 0 Å². The first kappa shape index (κ1) is 22.3. The molecule has 14 heteroatoms. The fourth-order valence-electron chi connectivity index (χ4n) is 2.63. The molecule has 1 aliphatic heterocycles. The highest BCUT2D eigenvalue weighted by Gasteiger charge is 2.45. The van der Waals surface area contributed by atoms with E-state index >= 15 is 0 Å². The number of phosphoric acid groups is 1. The molecule has 2 heterocycles. The molecule has 0 radical (unpaired) electrons. The van der Waals surface area contributed by atoms with Crippen molar-refractivity contribution in [2.24, 2.45) is 0 Å². The maximum absolute atomic E-state index is 12.3. The Kier molecular flexibility index (Phi) is 7.04. The highest BCUT2D eigenvalue weighted by atomic mass is 32.2. The van der Waals surface area contributed by atoms with Gasteiger partial charge in [-0.05, 0) is 5.56 Å². The van der Waals surface area contributed by atoms with E-state index in [4.69, 9.17) is 26.7 Å². The third-order valence-corrected chi connectivity index (χ3v) is 5.97. The average Bonchev–Trinajstić information content (AvgIpc) is 2.94. The van der Waals surface area contributed by atoms with Crippen molar-refractivity contribution in [3.05, 3.63) is 51.0 Å². The number of aromatic amines is 1. The number of ether oxygens (including phenoxy) is 1. The van der Waals surface area contributed by atoms with E-state index in [9.17, 15) is 19.6 Å². The Bertz CT molecular complexity index is 1010. The molecular weight excluding hydrogens is 445 g/mol. The minimum Gasteiger partial charge on any atom is -0.387 e. The third-order valence-electron chi connectivity index (χ3n) is 4.02. The van der Waals surface area contributed by atoms with Crippen molar-refractivity contribution >= 4 is 31.8 Å². The number of rotatable bonds is 7. The number of aliphatic hydroxyl groups excluding tert-OH is 2. The molecule has 1 fully saturated rings. The molecule has 0 saturated carbocycles. The Morgan fingerprint density at radius 2 is 1.97 bits per heavy atom. The van der Waals surface area contributed by atoms with E-state index in [0.717, 1.165) is 10.2 Å². The minimum absolute atomic E-state index is 0.113. The predicted molar refractivity (Wildman–Crippen MR) is 104 cm³/mol. The smallest absolute Gasteiger partial charge is 0.387 e. The van der Waals surface area contributed by atoms with Crippen LogP contribution in [0.3, 0.4) is 0 Å². The number of benzene rings is 1. The second-order valence-corrected chi connectivity index (χ2v) is 8.73. The summed E-state index contributed by atoms with van der Waals surface area (Å²) in [5.74, 6) is 0.527. The number of phosphoric ester groups is 1. The summed E-state index contributed by atoms with van der Waals surface area (Å²) in [6, 6.07) is 9.49. The van der Waals surface area contributed by atoms with Crippen LogP contribution in [0.2, 0.25) is 0 Å². The zero-order chi connectivity index (χ0) is 21.2. The first-order valence-electron chi connectivity index (χ1n) is 8.27. The molecule has 3 rings (SSSR count). The van der Waals surface area contributed by atoms with E-state index in [-0.39, 0.29) is 4.64 Å².